The molecule has 96 valence electrons. The number of carboxylic acid groups (broad SMARTS) is 1. The van der Waals surface area contributed by atoms with E-state index in [1.54, 1.807) is 12.1 Å². The van der Waals surface area contributed by atoms with E-state index in [2.05, 4.69) is 10.3 Å². The molecule has 1 atom stereocenters. The molecule has 1 aliphatic rings. The van der Waals surface area contributed by atoms with Crippen LogP contribution in [0.15, 0.2) is 29.3 Å². The first-order valence-corrected chi connectivity index (χ1v) is 5.95. The van der Waals surface area contributed by atoms with Gasteiger partial charge < -0.3 is 15.2 Å². The number of amidine groups is 1. The lowest BCUT2D eigenvalue weighted by Crippen LogP contribution is -2.30. The highest BCUT2D eigenvalue weighted by atomic mass is 16.5. The van der Waals surface area contributed by atoms with Gasteiger partial charge in [-0.1, -0.05) is 12.1 Å². The molecule has 0 radical (unpaired) electrons. The van der Waals surface area contributed by atoms with E-state index in [1.807, 2.05) is 12.1 Å². The molecule has 0 saturated carbocycles. The van der Waals surface area contributed by atoms with Gasteiger partial charge in [-0.25, -0.2) is 4.79 Å². The summed E-state index contributed by atoms with van der Waals surface area (Å²) >= 11 is 0. The minimum absolute atomic E-state index is 0.539. The van der Waals surface area contributed by atoms with Gasteiger partial charge in [-0.3, -0.25) is 4.99 Å². The maximum absolute atomic E-state index is 10.7. The number of aliphatic carboxylic acids is 1. The van der Waals surface area contributed by atoms with Gasteiger partial charge in [0, 0.05) is 18.7 Å². The third kappa shape index (κ3) is 3.00. The predicted octanol–water partition coefficient (Wildman–Crippen LogP) is 1.28. The van der Waals surface area contributed by atoms with Crippen LogP contribution in [0.5, 0.6) is 5.75 Å². The van der Waals surface area contributed by atoms with Crippen molar-refractivity contribution in [2.24, 2.45) is 4.99 Å². The maximum Gasteiger partial charge on any atom is 0.344 e. The lowest BCUT2D eigenvalue weighted by molar-refractivity contribution is -0.144. The second-order valence-corrected chi connectivity index (χ2v) is 4.14. The number of ether oxygens (including phenoxy) is 1. The summed E-state index contributed by atoms with van der Waals surface area (Å²) < 4.78 is 5.32. The Morgan fingerprint density at radius 2 is 2.39 bits per heavy atom. The first kappa shape index (κ1) is 12.4. The van der Waals surface area contributed by atoms with Crippen molar-refractivity contribution in [2.45, 2.75) is 19.4 Å². The third-order valence-electron chi connectivity index (χ3n) is 2.67. The molecule has 5 nitrogen and oxygen atoms in total. The molecule has 0 fully saturated rings. The molecule has 2 rings (SSSR count). The molecule has 1 heterocycles. The fourth-order valence-corrected chi connectivity index (χ4v) is 1.70. The van der Waals surface area contributed by atoms with E-state index in [-0.39, 0.29) is 0 Å². The molecule has 1 aromatic rings. The minimum Gasteiger partial charge on any atom is -0.479 e. The third-order valence-corrected chi connectivity index (χ3v) is 2.67. The Hall–Kier alpha value is -2.04. The Morgan fingerprint density at radius 3 is 3.06 bits per heavy atom. The average Bonchev–Trinajstić information content (AvgIpc) is 2.40. The monoisotopic (exact) mass is 248 g/mol. The van der Waals surface area contributed by atoms with Gasteiger partial charge in [0.05, 0.1) is 0 Å². The number of benzene rings is 1. The van der Waals surface area contributed by atoms with Crippen LogP contribution in [0.3, 0.4) is 0 Å². The number of rotatable bonds is 4. The minimum atomic E-state index is -0.978. The standard InChI is InChI=1S/C13H16N2O3/c1-9(13(16)17)18-11-5-2-4-10(8-11)12-14-6-3-7-15-12/h2,4-5,8-9H,3,6-7H2,1H3,(H,14,15)(H,16,17). The van der Waals surface area contributed by atoms with E-state index >= 15 is 0 Å². The van der Waals surface area contributed by atoms with Gasteiger partial charge in [0.2, 0.25) is 0 Å². The van der Waals surface area contributed by atoms with E-state index in [1.165, 1.54) is 6.92 Å². The highest BCUT2D eigenvalue weighted by Crippen LogP contribution is 2.16. The van der Waals surface area contributed by atoms with Gasteiger partial charge in [-0.2, -0.15) is 0 Å². The number of aliphatic imine (C=N–C) groups is 1. The molecule has 0 amide bonds. The van der Waals surface area contributed by atoms with E-state index in [0.717, 1.165) is 30.9 Å². The molecule has 1 aromatic carbocycles. The summed E-state index contributed by atoms with van der Waals surface area (Å²) in [5, 5.41) is 12.0. The molecule has 0 aromatic heterocycles. The SMILES string of the molecule is CC(Oc1cccc(C2=NCCCN2)c1)C(=O)O. The number of carboxylic acids is 1. The molecule has 1 unspecified atom stereocenters. The molecule has 2 N–H and O–H groups in total. The topological polar surface area (TPSA) is 70.9 Å². The summed E-state index contributed by atoms with van der Waals surface area (Å²) in [4.78, 5) is 15.1. The smallest absolute Gasteiger partial charge is 0.344 e. The summed E-state index contributed by atoms with van der Waals surface area (Å²) in [5.41, 5.74) is 0.921. The van der Waals surface area contributed by atoms with Crippen molar-refractivity contribution in [2.75, 3.05) is 13.1 Å². The van der Waals surface area contributed by atoms with Crippen LogP contribution in [0.4, 0.5) is 0 Å². The quantitative estimate of drug-likeness (QED) is 0.842. The van der Waals surface area contributed by atoms with Gasteiger partial charge in [-0.05, 0) is 25.5 Å². The normalized spacial score (nSPS) is 16.4. The first-order chi connectivity index (χ1) is 8.66. The number of hydrogen-bond donors (Lipinski definition) is 2. The van der Waals surface area contributed by atoms with Crippen molar-refractivity contribution in [3.8, 4) is 5.75 Å². The van der Waals surface area contributed by atoms with Crippen molar-refractivity contribution < 1.29 is 14.6 Å². The zero-order chi connectivity index (χ0) is 13.0. The summed E-state index contributed by atoms with van der Waals surface area (Å²) in [6.45, 7) is 3.24. The van der Waals surface area contributed by atoms with Gasteiger partial charge in [0.1, 0.15) is 11.6 Å². The Bertz CT molecular complexity index is 471. The summed E-state index contributed by atoms with van der Waals surface area (Å²) in [5.74, 6) is 0.403. The fourth-order valence-electron chi connectivity index (χ4n) is 1.70. The predicted molar refractivity (Wildman–Crippen MR) is 68.2 cm³/mol. The zero-order valence-corrected chi connectivity index (χ0v) is 10.2. The fraction of sp³-hybridized carbons (Fsp3) is 0.385. The van der Waals surface area contributed by atoms with Crippen molar-refractivity contribution in [1.82, 2.24) is 5.32 Å². The lowest BCUT2D eigenvalue weighted by Gasteiger charge is -2.16. The number of hydrogen-bond acceptors (Lipinski definition) is 4. The molecule has 0 aliphatic carbocycles. The lowest BCUT2D eigenvalue weighted by atomic mass is 10.1. The molecule has 5 heteroatoms. The zero-order valence-electron chi connectivity index (χ0n) is 10.2. The van der Waals surface area contributed by atoms with E-state index in [9.17, 15) is 4.79 Å². The maximum atomic E-state index is 10.7. The van der Waals surface area contributed by atoms with Gasteiger partial charge in [0.15, 0.2) is 6.10 Å². The Morgan fingerprint density at radius 1 is 1.56 bits per heavy atom. The average molecular weight is 248 g/mol. The first-order valence-electron chi connectivity index (χ1n) is 5.95. The Balaban J connectivity index is 2.14. The highest BCUT2D eigenvalue weighted by molar-refractivity contribution is 5.99. The molecule has 0 bridgehead atoms. The summed E-state index contributed by atoms with van der Waals surface area (Å²) in [6.07, 6.45) is 0.178. The highest BCUT2D eigenvalue weighted by Gasteiger charge is 2.13. The Labute approximate surface area is 105 Å². The second-order valence-electron chi connectivity index (χ2n) is 4.14. The number of nitrogens with one attached hydrogen (secondary N) is 1. The Kier molecular flexibility index (Phi) is 3.82. The largest absolute Gasteiger partial charge is 0.479 e. The van der Waals surface area contributed by atoms with Crippen LogP contribution >= 0.6 is 0 Å². The van der Waals surface area contributed by atoms with E-state index in [0.29, 0.717) is 5.75 Å². The summed E-state index contributed by atoms with van der Waals surface area (Å²) in [6, 6.07) is 7.30. The van der Waals surface area contributed by atoms with Crippen LogP contribution in [-0.4, -0.2) is 36.1 Å². The number of nitrogens with zero attached hydrogens (tertiary/aromatic N) is 1. The van der Waals surface area contributed by atoms with Crippen LogP contribution in [0.2, 0.25) is 0 Å². The molecular formula is C13H16N2O3. The molecule has 1 aliphatic heterocycles. The van der Waals surface area contributed by atoms with Crippen LogP contribution in [0, 0.1) is 0 Å². The van der Waals surface area contributed by atoms with E-state index < -0.39 is 12.1 Å². The second kappa shape index (κ2) is 5.53. The van der Waals surface area contributed by atoms with Crippen molar-refractivity contribution in [1.29, 1.82) is 0 Å². The van der Waals surface area contributed by atoms with Gasteiger partial charge in [-0.15, -0.1) is 0 Å². The number of carbonyl (C=O) groups is 1. The van der Waals surface area contributed by atoms with Crippen LogP contribution in [0.1, 0.15) is 18.9 Å². The van der Waals surface area contributed by atoms with Gasteiger partial charge in [0.25, 0.3) is 0 Å². The molecule has 18 heavy (non-hydrogen) atoms. The van der Waals surface area contributed by atoms with Crippen LogP contribution < -0.4 is 10.1 Å². The van der Waals surface area contributed by atoms with Crippen LogP contribution in [-0.2, 0) is 4.79 Å². The van der Waals surface area contributed by atoms with E-state index in [4.69, 9.17) is 9.84 Å². The molecule has 0 spiro atoms. The van der Waals surface area contributed by atoms with Crippen molar-refractivity contribution >= 4 is 11.8 Å². The van der Waals surface area contributed by atoms with Crippen LogP contribution in [0.25, 0.3) is 0 Å². The van der Waals surface area contributed by atoms with Gasteiger partial charge >= 0.3 is 5.97 Å². The van der Waals surface area contributed by atoms with Crippen molar-refractivity contribution in [3.63, 3.8) is 0 Å². The molecular weight excluding hydrogens is 232 g/mol. The summed E-state index contributed by atoms with van der Waals surface area (Å²) in [7, 11) is 0. The van der Waals surface area contributed by atoms with Crippen molar-refractivity contribution in [3.05, 3.63) is 29.8 Å². The molecule has 0 saturated heterocycles.